The van der Waals surface area contributed by atoms with Crippen LogP contribution in [0.25, 0.3) is 11.1 Å². The van der Waals surface area contributed by atoms with Gasteiger partial charge in [-0.1, -0.05) is 31.2 Å². The van der Waals surface area contributed by atoms with E-state index in [0.717, 1.165) is 31.7 Å². The summed E-state index contributed by atoms with van der Waals surface area (Å²) in [5, 5.41) is 3.46. The highest BCUT2D eigenvalue weighted by Gasteiger charge is 2.11. The maximum Gasteiger partial charge on any atom is 0.127 e. The van der Waals surface area contributed by atoms with Crippen LogP contribution in [-0.2, 0) is 6.42 Å². The first kappa shape index (κ1) is 13.0. The number of rotatable bonds is 4. The number of benzene rings is 2. The summed E-state index contributed by atoms with van der Waals surface area (Å²) < 4.78 is 5.87. The third-order valence-corrected chi connectivity index (χ3v) is 3.70. The molecular formula is C18H21NO. The molecule has 0 spiro atoms. The average molecular weight is 267 g/mol. The van der Waals surface area contributed by atoms with Crippen molar-refractivity contribution < 1.29 is 4.74 Å². The summed E-state index contributed by atoms with van der Waals surface area (Å²) in [5.41, 5.74) is 5.14. The predicted molar refractivity (Wildman–Crippen MR) is 84.5 cm³/mol. The van der Waals surface area contributed by atoms with Crippen molar-refractivity contribution in [2.45, 2.75) is 26.2 Å². The van der Waals surface area contributed by atoms with Crippen LogP contribution in [-0.4, -0.2) is 13.2 Å². The van der Waals surface area contributed by atoms with E-state index in [9.17, 15) is 0 Å². The summed E-state index contributed by atoms with van der Waals surface area (Å²) >= 11 is 0. The Morgan fingerprint density at radius 3 is 2.95 bits per heavy atom. The monoisotopic (exact) mass is 267 g/mol. The quantitative estimate of drug-likeness (QED) is 0.880. The second kappa shape index (κ2) is 6.00. The van der Waals surface area contributed by atoms with Gasteiger partial charge < -0.3 is 10.1 Å². The lowest BCUT2D eigenvalue weighted by Crippen LogP contribution is -2.11. The summed E-state index contributed by atoms with van der Waals surface area (Å²) in [7, 11) is 0. The van der Waals surface area contributed by atoms with Crippen LogP contribution >= 0.6 is 0 Å². The van der Waals surface area contributed by atoms with E-state index in [2.05, 4.69) is 48.6 Å². The second-order valence-electron chi connectivity index (χ2n) is 5.25. The fourth-order valence-electron chi connectivity index (χ4n) is 2.69. The molecule has 3 rings (SSSR count). The van der Waals surface area contributed by atoms with Crippen LogP contribution in [0.2, 0.25) is 0 Å². The number of hydrogen-bond donors (Lipinski definition) is 1. The lowest BCUT2D eigenvalue weighted by atomic mass is 9.97. The van der Waals surface area contributed by atoms with Crippen molar-refractivity contribution in [2.75, 3.05) is 18.5 Å². The Labute approximate surface area is 120 Å². The van der Waals surface area contributed by atoms with Gasteiger partial charge >= 0.3 is 0 Å². The molecular weight excluding hydrogens is 246 g/mol. The van der Waals surface area contributed by atoms with Gasteiger partial charge in [0.15, 0.2) is 0 Å². The molecule has 1 heterocycles. The van der Waals surface area contributed by atoms with E-state index >= 15 is 0 Å². The smallest absolute Gasteiger partial charge is 0.127 e. The number of aryl methyl sites for hydroxylation is 1. The molecule has 0 saturated carbocycles. The van der Waals surface area contributed by atoms with Crippen molar-refractivity contribution in [1.29, 1.82) is 0 Å². The van der Waals surface area contributed by atoms with Crippen molar-refractivity contribution >= 4 is 5.69 Å². The van der Waals surface area contributed by atoms with Gasteiger partial charge in [0.2, 0.25) is 0 Å². The zero-order chi connectivity index (χ0) is 13.8. The van der Waals surface area contributed by atoms with Crippen molar-refractivity contribution in [1.82, 2.24) is 0 Å². The topological polar surface area (TPSA) is 21.3 Å². The van der Waals surface area contributed by atoms with Crippen LogP contribution in [0.5, 0.6) is 5.75 Å². The molecule has 0 saturated heterocycles. The average Bonchev–Trinajstić information content (AvgIpc) is 2.53. The molecule has 0 unspecified atom stereocenters. The van der Waals surface area contributed by atoms with Gasteiger partial charge in [0, 0.05) is 17.8 Å². The Morgan fingerprint density at radius 2 is 2.05 bits per heavy atom. The lowest BCUT2D eigenvalue weighted by molar-refractivity contribution is 0.318. The highest BCUT2D eigenvalue weighted by atomic mass is 16.5. The van der Waals surface area contributed by atoms with E-state index in [-0.39, 0.29) is 0 Å². The minimum absolute atomic E-state index is 0.767. The summed E-state index contributed by atoms with van der Waals surface area (Å²) in [6.45, 7) is 3.99. The van der Waals surface area contributed by atoms with Crippen LogP contribution in [0.1, 0.15) is 25.3 Å². The first-order chi connectivity index (χ1) is 9.88. The Bertz CT molecular complexity index is 592. The number of nitrogens with one attached hydrogen (secondary N) is 1. The molecule has 20 heavy (non-hydrogen) atoms. The Balaban J connectivity index is 1.96. The van der Waals surface area contributed by atoms with E-state index in [4.69, 9.17) is 4.74 Å². The summed E-state index contributed by atoms with van der Waals surface area (Å²) in [6, 6.07) is 15.0. The third-order valence-electron chi connectivity index (χ3n) is 3.70. The summed E-state index contributed by atoms with van der Waals surface area (Å²) in [6.07, 6.45) is 3.40. The van der Waals surface area contributed by atoms with Crippen LogP contribution in [0.4, 0.5) is 5.69 Å². The van der Waals surface area contributed by atoms with E-state index in [1.807, 2.05) is 6.07 Å². The molecule has 1 N–H and O–H groups in total. The van der Waals surface area contributed by atoms with E-state index in [1.54, 1.807) is 0 Å². The SMILES string of the molecule is CCCOc1ccccc1-c1ccc2c(c1)CCCN2. The first-order valence-electron chi connectivity index (χ1n) is 7.47. The second-order valence-corrected chi connectivity index (χ2v) is 5.25. The van der Waals surface area contributed by atoms with Gasteiger partial charge in [-0.15, -0.1) is 0 Å². The minimum Gasteiger partial charge on any atom is -0.493 e. The number of ether oxygens (including phenoxy) is 1. The normalized spacial score (nSPS) is 13.4. The molecule has 0 aromatic heterocycles. The van der Waals surface area contributed by atoms with E-state index < -0.39 is 0 Å². The standard InChI is InChI=1S/C18H21NO/c1-2-12-20-18-8-4-3-7-16(18)14-9-10-17-15(13-14)6-5-11-19-17/h3-4,7-10,13,19H,2,5-6,11-12H2,1H3. The maximum absolute atomic E-state index is 5.87. The molecule has 0 atom stereocenters. The largest absolute Gasteiger partial charge is 0.493 e. The van der Waals surface area contributed by atoms with E-state index in [0.29, 0.717) is 0 Å². The molecule has 2 heteroatoms. The Kier molecular flexibility index (Phi) is 3.91. The Morgan fingerprint density at radius 1 is 1.15 bits per heavy atom. The molecule has 2 aromatic rings. The zero-order valence-corrected chi connectivity index (χ0v) is 12.0. The molecule has 0 fully saturated rings. The maximum atomic E-state index is 5.87. The third kappa shape index (κ3) is 2.64. The fraction of sp³-hybridized carbons (Fsp3) is 0.333. The molecule has 2 aromatic carbocycles. The zero-order valence-electron chi connectivity index (χ0n) is 12.0. The molecule has 1 aliphatic rings. The number of hydrogen-bond acceptors (Lipinski definition) is 2. The van der Waals surface area contributed by atoms with Gasteiger partial charge in [-0.05, 0) is 48.6 Å². The van der Waals surface area contributed by atoms with Crippen molar-refractivity contribution in [3.8, 4) is 16.9 Å². The van der Waals surface area contributed by atoms with Crippen molar-refractivity contribution in [2.24, 2.45) is 0 Å². The molecule has 0 bridgehead atoms. The lowest BCUT2D eigenvalue weighted by Gasteiger charge is -2.19. The molecule has 0 amide bonds. The minimum atomic E-state index is 0.767. The first-order valence-corrected chi connectivity index (χ1v) is 7.47. The molecule has 2 nitrogen and oxygen atoms in total. The summed E-state index contributed by atoms with van der Waals surface area (Å²) in [5.74, 6) is 0.984. The van der Waals surface area contributed by atoms with Gasteiger partial charge in [-0.3, -0.25) is 0 Å². The van der Waals surface area contributed by atoms with Gasteiger partial charge in [0.25, 0.3) is 0 Å². The number of anilines is 1. The van der Waals surface area contributed by atoms with Gasteiger partial charge in [0.05, 0.1) is 6.61 Å². The number of para-hydroxylation sites is 1. The summed E-state index contributed by atoms with van der Waals surface area (Å²) in [4.78, 5) is 0. The highest BCUT2D eigenvalue weighted by Crippen LogP contribution is 2.33. The molecule has 104 valence electrons. The van der Waals surface area contributed by atoms with Crippen LogP contribution in [0.3, 0.4) is 0 Å². The van der Waals surface area contributed by atoms with Gasteiger partial charge in [-0.2, -0.15) is 0 Å². The Hall–Kier alpha value is -1.96. The van der Waals surface area contributed by atoms with Gasteiger partial charge in [0.1, 0.15) is 5.75 Å². The molecule has 0 radical (unpaired) electrons. The predicted octanol–water partition coefficient (Wildman–Crippen LogP) is 4.50. The number of fused-ring (bicyclic) bond motifs is 1. The van der Waals surface area contributed by atoms with E-state index in [1.165, 1.54) is 28.8 Å². The van der Waals surface area contributed by atoms with Crippen LogP contribution in [0.15, 0.2) is 42.5 Å². The van der Waals surface area contributed by atoms with Crippen LogP contribution < -0.4 is 10.1 Å². The van der Waals surface area contributed by atoms with Crippen molar-refractivity contribution in [3.05, 3.63) is 48.0 Å². The van der Waals surface area contributed by atoms with Gasteiger partial charge in [-0.25, -0.2) is 0 Å². The fourth-order valence-corrected chi connectivity index (χ4v) is 2.69. The molecule has 0 aliphatic carbocycles. The molecule has 1 aliphatic heterocycles. The van der Waals surface area contributed by atoms with Crippen molar-refractivity contribution in [3.63, 3.8) is 0 Å². The highest BCUT2D eigenvalue weighted by molar-refractivity contribution is 5.73. The van der Waals surface area contributed by atoms with Crippen LogP contribution in [0, 0.1) is 0 Å².